The summed E-state index contributed by atoms with van der Waals surface area (Å²) in [6, 6.07) is 9.12. The van der Waals surface area contributed by atoms with Crippen LogP contribution in [-0.2, 0) is 6.54 Å². The highest BCUT2D eigenvalue weighted by Crippen LogP contribution is 2.32. The van der Waals surface area contributed by atoms with Gasteiger partial charge in [-0.3, -0.25) is 0 Å². The molecule has 0 atom stereocenters. The van der Waals surface area contributed by atoms with E-state index in [-0.39, 0.29) is 0 Å². The van der Waals surface area contributed by atoms with E-state index >= 15 is 0 Å². The predicted octanol–water partition coefficient (Wildman–Crippen LogP) is 4.34. The molecule has 1 aliphatic rings. The van der Waals surface area contributed by atoms with E-state index in [2.05, 4.69) is 37.4 Å². The Morgan fingerprint density at radius 2 is 2.10 bits per heavy atom. The lowest BCUT2D eigenvalue weighted by molar-refractivity contribution is 0.588. The van der Waals surface area contributed by atoms with E-state index in [0.717, 1.165) is 28.7 Å². The van der Waals surface area contributed by atoms with Gasteiger partial charge >= 0.3 is 0 Å². The van der Waals surface area contributed by atoms with E-state index in [1.807, 2.05) is 17.8 Å². The molecule has 1 aromatic rings. The fourth-order valence-corrected chi connectivity index (χ4v) is 3.78. The summed E-state index contributed by atoms with van der Waals surface area (Å²) in [6.07, 6.45) is 5.50. The second-order valence-corrected chi connectivity index (χ2v) is 7.00. The molecular formula is C17H24N2S. The van der Waals surface area contributed by atoms with Crippen LogP contribution in [0.4, 0.5) is 0 Å². The molecule has 1 aliphatic carbocycles. The second kappa shape index (κ2) is 7.71. The van der Waals surface area contributed by atoms with E-state index in [9.17, 15) is 5.26 Å². The van der Waals surface area contributed by atoms with Gasteiger partial charge in [0.05, 0.1) is 5.56 Å². The van der Waals surface area contributed by atoms with Gasteiger partial charge in [0.1, 0.15) is 6.07 Å². The van der Waals surface area contributed by atoms with Gasteiger partial charge in [-0.2, -0.15) is 5.26 Å². The van der Waals surface area contributed by atoms with Gasteiger partial charge in [-0.15, -0.1) is 11.8 Å². The molecule has 0 heterocycles. The number of benzene rings is 1. The Morgan fingerprint density at radius 3 is 2.75 bits per heavy atom. The van der Waals surface area contributed by atoms with Crippen LogP contribution in [0.3, 0.4) is 0 Å². The number of nitrogens with one attached hydrogen (secondary N) is 1. The Kier molecular flexibility index (Phi) is 5.94. The van der Waals surface area contributed by atoms with Crippen LogP contribution in [0.25, 0.3) is 0 Å². The molecule has 0 unspecified atom stereocenters. The number of rotatable bonds is 6. The van der Waals surface area contributed by atoms with Gasteiger partial charge in [-0.05, 0) is 36.5 Å². The highest BCUT2D eigenvalue weighted by molar-refractivity contribution is 7.99. The maximum Gasteiger partial charge on any atom is 0.100 e. The van der Waals surface area contributed by atoms with Crippen LogP contribution in [0.1, 0.15) is 50.7 Å². The van der Waals surface area contributed by atoms with Crippen molar-refractivity contribution in [3.8, 4) is 6.07 Å². The zero-order valence-electron chi connectivity index (χ0n) is 12.5. The highest BCUT2D eigenvalue weighted by atomic mass is 32.2. The van der Waals surface area contributed by atoms with Crippen LogP contribution in [0.15, 0.2) is 23.1 Å². The monoisotopic (exact) mass is 288 g/mol. The normalized spacial score (nSPS) is 15.7. The molecule has 20 heavy (non-hydrogen) atoms. The van der Waals surface area contributed by atoms with E-state index in [0.29, 0.717) is 6.04 Å². The molecule has 0 spiro atoms. The number of nitrogens with zero attached hydrogens (tertiary/aromatic N) is 1. The van der Waals surface area contributed by atoms with Gasteiger partial charge in [0, 0.05) is 23.2 Å². The molecule has 1 aromatic carbocycles. The summed E-state index contributed by atoms with van der Waals surface area (Å²) in [5, 5.41) is 12.7. The zero-order chi connectivity index (χ0) is 14.4. The summed E-state index contributed by atoms with van der Waals surface area (Å²) in [5.41, 5.74) is 2.02. The Bertz CT molecular complexity index is 470. The third-order valence-electron chi connectivity index (χ3n) is 3.83. The molecule has 108 valence electrons. The summed E-state index contributed by atoms with van der Waals surface area (Å²) in [6.45, 7) is 5.11. The van der Waals surface area contributed by atoms with Crippen LogP contribution >= 0.6 is 11.8 Å². The Labute approximate surface area is 127 Å². The molecule has 3 heteroatoms. The van der Waals surface area contributed by atoms with Crippen molar-refractivity contribution in [2.24, 2.45) is 5.92 Å². The average molecular weight is 288 g/mol. The van der Waals surface area contributed by atoms with Gasteiger partial charge in [0.15, 0.2) is 0 Å². The number of hydrogen-bond acceptors (Lipinski definition) is 3. The van der Waals surface area contributed by atoms with Crippen LogP contribution < -0.4 is 5.32 Å². The van der Waals surface area contributed by atoms with Crippen molar-refractivity contribution in [1.29, 1.82) is 5.26 Å². The van der Waals surface area contributed by atoms with Gasteiger partial charge in [-0.25, -0.2) is 0 Å². The van der Waals surface area contributed by atoms with Crippen molar-refractivity contribution in [2.75, 3.05) is 5.75 Å². The third-order valence-corrected chi connectivity index (χ3v) is 5.13. The lowest BCUT2D eigenvalue weighted by atomic mass is 10.1. The average Bonchev–Trinajstić information content (AvgIpc) is 2.96. The highest BCUT2D eigenvalue weighted by Gasteiger charge is 2.16. The van der Waals surface area contributed by atoms with Crippen molar-refractivity contribution in [3.63, 3.8) is 0 Å². The quantitative estimate of drug-likeness (QED) is 0.791. The first kappa shape index (κ1) is 15.4. The van der Waals surface area contributed by atoms with Crippen molar-refractivity contribution >= 4 is 11.8 Å². The van der Waals surface area contributed by atoms with Crippen molar-refractivity contribution in [3.05, 3.63) is 29.3 Å². The molecule has 0 amide bonds. The largest absolute Gasteiger partial charge is 0.310 e. The first-order valence-electron chi connectivity index (χ1n) is 7.58. The molecule has 1 saturated carbocycles. The van der Waals surface area contributed by atoms with Crippen LogP contribution in [0, 0.1) is 17.2 Å². The minimum Gasteiger partial charge on any atom is -0.310 e. The Morgan fingerprint density at radius 1 is 1.35 bits per heavy atom. The first-order chi connectivity index (χ1) is 9.69. The predicted molar refractivity (Wildman–Crippen MR) is 85.8 cm³/mol. The maximum absolute atomic E-state index is 9.33. The van der Waals surface area contributed by atoms with Crippen LogP contribution in [0.5, 0.6) is 0 Å². The van der Waals surface area contributed by atoms with Crippen LogP contribution in [0.2, 0.25) is 0 Å². The number of thioether (sulfide) groups is 1. The molecule has 1 fully saturated rings. The summed E-state index contributed by atoms with van der Waals surface area (Å²) in [4.78, 5) is 1.15. The summed E-state index contributed by atoms with van der Waals surface area (Å²) in [5.74, 6) is 2.02. The van der Waals surface area contributed by atoms with Crippen LogP contribution in [-0.4, -0.2) is 11.8 Å². The Hall–Kier alpha value is -0.980. The van der Waals surface area contributed by atoms with E-state index in [1.54, 1.807) is 0 Å². The minimum absolute atomic E-state index is 0.469. The fraction of sp³-hybridized carbons (Fsp3) is 0.588. The number of nitriles is 1. The van der Waals surface area contributed by atoms with Crippen molar-refractivity contribution in [1.82, 2.24) is 5.32 Å². The number of hydrogen-bond donors (Lipinski definition) is 1. The SMILES string of the molecule is CC(C)NCc1ccc(SCC2CCCC2)c(C#N)c1. The third kappa shape index (κ3) is 4.54. The second-order valence-electron chi connectivity index (χ2n) is 5.94. The first-order valence-corrected chi connectivity index (χ1v) is 8.57. The standard InChI is InChI=1S/C17H24N2S/c1-13(2)19-11-15-7-8-17(16(9-15)10-18)20-12-14-5-3-4-6-14/h7-9,13-14,19H,3-6,11-12H2,1-2H3. The fourth-order valence-electron chi connectivity index (χ4n) is 2.61. The summed E-state index contributed by atoms with van der Waals surface area (Å²) < 4.78 is 0. The lowest BCUT2D eigenvalue weighted by Gasteiger charge is -2.12. The maximum atomic E-state index is 9.33. The molecule has 0 aromatic heterocycles. The Balaban J connectivity index is 1.96. The topological polar surface area (TPSA) is 35.8 Å². The van der Waals surface area contributed by atoms with Gasteiger partial charge in [0.25, 0.3) is 0 Å². The van der Waals surface area contributed by atoms with Gasteiger partial charge < -0.3 is 5.32 Å². The van der Waals surface area contributed by atoms with Gasteiger partial charge in [-0.1, -0.05) is 32.8 Å². The molecule has 0 bridgehead atoms. The molecule has 0 aliphatic heterocycles. The van der Waals surface area contributed by atoms with E-state index in [4.69, 9.17) is 0 Å². The molecule has 0 saturated heterocycles. The zero-order valence-corrected chi connectivity index (χ0v) is 13.3. The lowest BCUT2D eigenvalue weighted by Crippen LogP contribution is -2.21. The molecule has 2 rings (SSSR count). The minimum atomic E-state index is 0.469. The summed E-state index contributed by atoms with van der Waals surface area (Å²) in [7, 11) is 0. The molecule has 0 radical (unpaired) electrons. The summed E-state index contributed by atoms with van der Waals surface area (Å²) >= 11 is 1.86. The smallest absolute Gasteiger partial charge is 0.100 e. The van der Waals surface area contributed by atoms with E-state index in [1.165, 1.54) is 31.2 Å². The van der Waals surface area contributed by atoms with Crippen molar-refractivity contribution < 1.29 is 0 Å². The van der Waals surface area contributed by atoms with E-state index < -0.39 is 0 Å². The van der Waals surface area contributed by atoms with Crippen molar-refractivity contribution in [2.45, 2.75) is 57.0 Å². The molecular weight excluding hydrogens is 264 g/mol. The molecule has 1 N–H and O–H groups in total. The van der Waals surface area contributed by atoms with Gasteiger partial charge in [0.2, 0.25) is 0 Å². The molecule has 2 nitrogen and oxygen atoms in total.